The molecular formula is C14H16N2O2. The third-order valence-electron chi connectivity index (χ3n) is 2.78. The van der Waals surface area contributed by atoms with Crippen molar-refractivity contribution in [3.05, 3.63) is 63.8 Å². The summed E-state index contributed by atoms with van der Waals surface area (Å²) in [6, 6.07) is 7.63. The molecule has 2 rings (SSSR count). The van der Waals surface area contributed by atoms with Crippen LogP contribution in [0.5, 0.6) is 0 Å². The van der Waals surface area contributed by atoms with Gasteiger partial charge in [-0.3, -0.25) is 4.57 Å². The Morgan fingerprint density at radius 2 is 2.11 bits per heavy atom. The summed E-state index contributed by atoms with van der Waals surface area (Å²) >= 11 is 0. The van der Waals surface area contributed by atoms with Crippen molar-refractivity contribution in [3.63, 3.8) is 0 Å². The summed E-state index contributed by atoms with van der Waals surface area (Å²) in [7, 11) is 0. The van der Waals surface area contributed by atoms with E-state index in [1.165, 1.54) is 10.8 Å². The highest BCUT2D eigenvalue weighted by Crippen LogP contribution is 2.15. The largest absolute Gasteiger partial charge is 0.387 e. The lowest BCUT2D eigenvalue weighted by Crippen LogP contribution is -2.25. The van der Waals surface area contributed by atoms with Crippen LogP contribution < -0.4 is 5.69 Å². The third-order valence-corrected chi connectivity index (χ3v) is 2.78. The van der Waals surface area contributed by atoms with Crippen molar-refractivity contribution < 1.29 is 5.11 Å². The van der Waals surface area contributed by atoms with E-state index in [4.69, 9.17) is 0 Å². The predicted molar refractivity (Wildman–Crippen MR) is 69.4 cm³/mol. The van der Waals surface area contributed by atoms with Crippen molar-refractivity contribution in [2.24, 2.45) is 0 Å². The fourth-order valence-electron chi connectivity index (χ4n) is 1.87. The second-order valence-corrected chi connectivity index (χ2v) is 4.50. The standard InChI is InChI=1S/C14H16N2O2/c1-10-4-3-5-12(6-10)13(17)9-16-8-11(2)7-15-14(16)18/h3-8,13,17H,9H2,1-2H3. The van der Waals surface area contributed by atoms with E-state index in [0.717, 1.165) is 16.7 Å². The molecule has 1 atom stereocenters. The van der Waals surface area contributed by atoms with Crippen LogP contribution in [0.4, 0.5) is 0 Å². The summed E-state index contributed by atoms with van der Waals surface area (Å²) in [6.07, 6.45) is 2.53. The SMILES string of the molecule is Cc1cccc(C(O)Cn2cc(C)cnc2=O)c1. The molecule has 94 valence electrons. The molecule has 2 aromatic rings. The molecule has 0 fully saturated rings. The zero-order chi connectivity index (χ0) is 13.1. The maximum absolute atomic E-state index is 11.5. The van der Waals surface area contributed by atoms with Gasteiger partial charge < -0.3 is 5.11 Å². The quantitative estimate of drug-likeness (QED) is 0.892. The number of aliphatic hydroxyl groups excluding tert-OH is 1. The van der Waals surface area contributed by atoms with Crippen molar-refractivity contribution in [3.8, 4) is 0 Å². The van der Waals surface area contributed by atoms with Crippen LogP contribution in [0.2, 0.25) is 0 Å². The molecule has 0 aliphatic heterocycles. The first-order valence-electron chi connectivity index (χ1n) is 5.84. The number of benzene rings is 1. The lowest BCUT2D eigenvalue weighted by molar-refractivity contribution is 0.154. The Bertz CT molecular complexity index is 605. The Balaban J connectivity index is 2.23. The smallest absolute Gasteiger partial charge is 0.347 e. The number of aliphatic hydroxyl groups is 1. The van der Waals surface area contributed by atoms with E-state index in [9.17, 15) is 9.90 Å². The molecular weight excluding hydrogens is 228 g/mol. The van der Waals surface area contributed by atoms with E-state index in [2.05, 4.69) is 4.98 Å². The van der Waals surface area contributed by atoms with Crippen LogP contribution in [0.1, 0.15) is 22.8 Å². The highest BCUT2D eigenvalue weighted by molar-refractivity contribution is 5.24. The molecule has 0 bridgehead atoms. The summed E-state index contributed by atoms with van der Waals surface area (Å²) in [5.41, 5.74) is 2.45. The number of nitrogens with zero attached hydrogens (tertiary/aromatic N) is 2. The lowest BCUT2D eigenvalue weighted by atomic mass is 10.1. The Hall–Kier alpha value is -1.94. The Labute approximate surface area is 106 Å². The molecule has 4 nitrogen and oxygen atoms in total. The minimum Gasteiger partial charge on any atom is -0.387 e. The van der Waals surface area contributed by atoms with Crippen LogP contribution in [-0.4, -0.2) is 14.7 Å². The van der Waals surface area contributed by atoms with Crippen molar-refractivity contribution in [1.29, 1.82) is 0 Å². The molecule has 4 heteroatoms. The van der Waals surface area contributed by atoms with Crippen molar-refractivity contribution in [2.75, 3.05) is 0 Å². The second-order valence-electron chi connectivity index (χ2n) is 4.50. The summed E-state index contributed by atoms with van der Waals surface area (Å²) in [4.78, 5) is 15.3. The zero-order valence-electron chi connectivity index (χ0n) is 10.5. The normalized spacial score (nSPS) is 12.4. The fourth-order valence-corrected chi connectivity index (χ4v) is 1.87. The van der Waals surface area contributed by atoms with Gasteiger partial charge in [0.05, 0.1) is 12.6 Å². The first-order valence-corrected chi connectivity index (χ1v) is 5.84. The van der Waals surface area contributed by atoms with Crippen LogP contribution in [0.3, 0.4) is 0 Å². The van der Waals surface area contributed by atoms with Gasteiger partial charge in [-0.2, -0.15) is 0 Å². The van der Waals surface area contributed by atoms with Gasteiger partial charge in [-0.15, -0.1) is 0 Å². The molecule has 1 unspecified atom stereocenters. The van der Waals surface area contributed by atoms with Crippen LogP contribution in [0.25, 0.3) is 0 Å². The number of aryl methyl sites for hydroxylation is 2. The molecule has 0 saturated carbocycles. The van der Waals surface area contributed by atoms with Crippen LogP contribution in [-0.2, 0) is 6.54 Å². The number of hydrogen-bond donors (Lipinski definition) is 1. The zero-order valence-corrected chi connectivity index (χ0v) is 10.5. The van der Waals surface area contributed by atoms with Gasteiger partial charge in [0.1, 0.15) is 0 Å². The summed E-state index contributed by atoms with van der Waals surface area (Å²) in [5, 5.41) is 10.1. The van der Waals surface area contributed by atoms with Gasteiger partial charge in [0, 0.05) is 12.4 Å². The molecule has 0 saturated heterocycles. The van der Waals surface area contributed by atoms with E-state index >= 15 is 0 Å². The molecule has 1 heterocycles. The Kier molecular flexibility index (Phi) is 3.58. The van der Waals surface area contributed by atoms with Gasteiger partial charge >= 0.3 is 5.69 Å². The first kappa shape index (κ1) is 12.5. The molecule has 18 heavy (non-hydrogen) atoms. The van der Waals surface area contributed by atoms with Gasteiger partial charge in [0.2, 0.25) is 0 Å². The van der Waals surface area contributed by atoms with Gasteiger partial charge in [-0.05, 0) is 25.0 Å². The first-order chi connectivity index (χ1) is 8.56. The second kappa shape index (κ2) is 5.14. The van der Waals surface area contributed by atoms with Gasteiger partial charge in [-0.1, -0.05) is 29.8 Å². The predicted octanol–water partition coefficient (Wildman–Crippen LogP) is 1.59. The molecule has 0 spiro atoms. The van der Waals surface area contributed by atoms with Crippen LogP contribution >= 0.6 is 0 Å². The van der Waals surface area contributed by atoms with E-state index < -0.39 is 6.10 Å². The fraction of sp³-hybridized carbons (Fsp3) is 0.286. The molecule has 1 N–H and O–H groups in total. The van der Waals surface area contributed by atoms with E-state index in [0.29, 0.717) is 0 Å². The van der Waals surface area contributed by atoms with Crippen LogP contribution in [0, 0.1) is 13.8 Å². The highest BCUT2D eigenvalue weighted by atomic mass is 16.3. The monoisotopic (exact) mass is 244 g/mol. The summed E-state index contributed by atoms with van der Waals surface area (Å²) in [6.45, 7) is 4.05. The highest BCUT2D eigenvalue weighted by Gasteiger charge is 2.09. The van der Waals surface area contributed by atoms with E-state index in [-0.39, 0.29) is 12.2 Å². The maximum atomic E-state index is 11.5. The molecule has 0 radical (unpaired) electrons. The maximum Gasteiger partial charge on any atom is 0.347 e. The molecule has 1 aromatic carbocycles. The van der Waals surface area contributed by atoms with Gasteiger partial charge in [-0.25, -0.2) is 9.78 Å². The number of hydrogen-bond acceptors (Lipinski definition) is 3. The Morgan fingerprint density at radius 3 is 2.83 bits per heavy atom. The molecule has 1 aromatic heterocycles. The van der Waals surface area contributed by atoms with Crippen LogP contribution in [0.15, 0.2) is 41.5 Å². The third kappa shape index (κ3) is 2.84. The van der Waals surface area contributed by atoms with E-state index in [1.807, 2.05) is 38.1 Å². The van der Waals surface area contributed by atoms with E-state index in [1.54, 1.807) is 6.20 Å². The average Bonchev–Trinajstić information content (AvgIpc) is 2.34. The minimum absolute atomic E-state index is 0.219. The average molecular weight is 244 g/mol. The summed E-state index contributed by atoms with van der Waals surface area (Å²) < 4.78 is 1.43. The lowest BCUT2D eigenvalue weighted by Gasteiger charge is -2.13. The topological polar surface area (TPSA) is 55.1 Å². The number of rotatable bonds is 3. The van der Waals surface area contributed by atoms with Crippen molar-refractivity contribution in [2.45, 2.75) is 26.5 Å². The molecule has 0 amide bonds. The van der Waals surface area contributed by atoms with Gasteiger partial charge in [0.15, 0.2) is 0 Å². The van der Waals surface area contributed by atoms with Crippen molar-refractivity contribution in [1.82, 2.24) is 9.55 Å². The molecule has 0 aliphatic carbocycles. The van der Waals surface area contributed by atoms with Gasteiger partial charge in [0.25, 0.3) is 0 Å². The number of aromatic nitrogens is 2. The van der Waals surface area contributed by atoms with Crippen molar-refractivity contribution >= 4 is 0 Å². The summed E-state index contributed by atoms with van der Waals surface area (Å²) in [5.74, 6) is 0. The molecule has 0 aliphatic rings. The Morgan fingerprint density at radius 1 is 1.33 bits per heavy atom. The minimum atomic E-state index is -0.703.